The van der Waals surface area contributed by atoms with Crippen LogP contribution < -0.4 is 10.6 Å². The number of rotatable bonds is 8. The van der Waals surface area contributed by atoms with Gasteiger partial charge in [0, 0.05) is 12.1 Å². The van der Waals surface area contributed by atoms with Gasteiger partial charge < -0.3 is 20.8 Å². The van der Waals surface area contributed by atoms with E-state index in [1.54, 1.807) is 12.1 Å². The molecule has 8 nitrogen and oxygen atoms in total. The first kappa shape index (κ1) is 24.4. The molecule has 8 heteroatoms. The summed E-state index contributed by atoms with van der Waals surface area (Å²) < 4.78 is 0. The molecule has 0 saturated heterocycles. The molecule has 34 heavy (non-hydrogen) atoms. The van der Waals surface area contributed by atoms with Crippen molar-refractivity contribution in [1.29, 1.82) is 0 Å². The number of hydrogen-bond acceptors (Lipinski definition) is 4. The first-order valence-electron chi connectivity index (χ1n) is 10.8. The molecule has 0 aliphatic heterocycles. The number of carbonyl (C=O) groups is 4. The fourth-order valence-corrected chi connectivity index (χ4v) is 4.10. The first-order chi connectivity index (χ1) is 16.2. The predicted molar refractivity (Wildman–Crippen MR) is 128 cm³/mol. The summed E-state index contributed by atoms with van der Waals surface area (Å²) in [5.74, 6) is -3.43. The van der Waals surface area contributed by atoms with E-state index in [0.717, 1.165) is 6.42 Å². The highest BCUT2D eigenvalue weighted by molar-refractivity contribution is 6.06. The van der Waals surface area contributed by atoms with Crippen molar-refractivity contribution in [3.63, 3.8) is 0 Å². The third-order valence-corrected chi connectivity index (χ3v) is 5.85. The third kappa shape index (κ3) is 5.58. The van der Waals surface area contributed by atoms with Crippen molar-refractivity contribution in [2.45, 2.75) is 37.8 Å². The van der Waals surface area contributed by atoms with Crippen molar-refractivity contribution in [3.05, 3.63) is 82.9 Å². The van der Waals surface area contributed by atoms with Crippen LogP contribution in [0.2, 0.25) is 0 Å². The Kier molecular flexibility index (Phi) is 7.63. The Morgan fingerprint density at radius 3 is 1.50 bits per heavy atom. The van der Waals surface area contributed by atoms with Crippen LogP contribution in [0.5, 0.6) is 0 Å². The molecule has 1 aliphatic carbocycles. The SMILES string of the molecule is C=Cc1ccc(C(=O)O)c(C(=O)NC2CCCC(NC(=O)c3cc(C=C)ccc3C(=O)O)C2)c1. The zero-order valence-electron chi connectivity index (χ0n) is 18.5. The molecule has 0 radical (unpaired) electrons. The number of aromatic carboxylic acids is 2. The van der Waals surface area contributed by atoms with Crippen molar-refractivity contribution in [2.24, 2.45) is 0 Å². The second kappa shape index (κ2) is 10.6. The molecule has 0 heterocycles. The number of carbonyl (C=O) groups excluding carboxylic acids is 2. The van der Waals surface area contributed by atoms with Gasteiger partial charge in [-0.3, -0.25) is 9.59 Å². The van der Waals surface area contributed by atoms with E-state index in [1.165, 1.54) is 36.4 Å². The third-order valence-electron chi connectivity index (χ3n) is 5.85. The molecule has 2 amide bonds. The van der Waals surface area contributed by atoms with Crippen LogP contribution in [0.3, 0.4) is 0 Å². The van der Waals surface area contributed by atoms with Gasteiger partial charge in [0.1, 0.15) is 0 Å². The zero-order valence-corrected chi connectivity index (χ0v) is 18.5. The van der Waals surface area contributed by atoms with Crippen molar-refractivity contribution in [3.8, 4) is 0 Å². The van der Waals surface area contributed by atoms with Crippen molar-refractivity contribution < 1.29 is 29.4 Å². The highest BCUT2D eigenvalue weighted by Crippen LogP contribution is 2.22. The van der Waals surface area contributed by atoms with Crippen LogP contribution in [0.4, 0.5) is 0 Å². The summed E-state index contributed by atoms with van der Waals surface area (Å²) in [7, 11) is 0. The lowest BCUT2D eigenvalue weighted by atomic mass is 9.90. The van der Waals surface area contributed by atoms with E-state index in [0.29, 0.717) is 30.4 Å². The fraction of sp³-hybridized carbons (Fsp3) is 0.231. The zero-order chi connectivity index (χ0) is 24.8. The lowest BCUT2D eigenvalue weighted by Gasteiger charge is -2.30. The van der Waals surface area contributed by atoms with Gasteiger partial charge >= 0.3 is 11.9 Å². The van der Waals surface area contributed by atoms with Gasteiger partial charge in [-0.1, -0.05) is 37.4 Å². The van der Waals surface area contributed by atoms with Crippen LogP contribution in [-0.2, 0) is 0 Å². The number of hydrogen-bond donors (Lipinski definition) is 4. The van der Waals surface area contributed by atoms with E-state index >= 15 is 0 Å². The molecular weight excluding hydrogens is 436 g/mol. The summed E-state index contributed by atoms with van der Waals surface area (Å²) in [4.78, 5) is 48.8. The van der Waals surface area contributed by atoms with Crippen molar-refractivity contribution in [2.75, 3.05) is 0 Å². The predicted octanol–water partition coefficient (Wildman–Crippen LogP) is 3.84. The Hall–Kier alpha value is -4.20. The maximum absolute atomic E-state index is 12.9. The second-order valence-electron chi connectivity index (χ2n) is 8.14. The maximum atomic E-state index is 12.9. The quantitative estimate of drug-likeness (QED) is 0.471. The van der Waals surface area contributed by atoms with Gasteiger partial charge in [-0.2, -0.15) is 0 Å². The molecule has 2 aromatic carbocycles. The molecule has 3 rings (SSSR count). The van der Waals surface area contributed by atoms with Gasteiger partial charge in [-0.05, 0) is 61.1 Å². The molecular formula is C26H26N2O6. The van der Waals surface area contributed by atoms with Gasteiger partial charge in [0.2, 0.25) is 0 Å². The van der Waals surface area contributed by atoms with Crippen molar-refractivity contribution in [1.82, 2.24) is 10.6 Å². The Morgan fingerprint density at radius 1 is 0.735 bits per heavy atom. The minimum Gasteiger partial charge on any atom is -0.478 e. The molecule has 2 aromatic rings. The normalized spacial score (nSPS) is 17.3. The van der Waals surface area contributed by atoms with Gasteiger partial charge in [-0.25, -0.2) is 9.59 Å². The molecule has 0 spiro atoms. The Morgan fingerprint density at radius 2 is 1.15 bits per heavy atom. The maximum Gasteiger partial charge on any atom is 0.336 e. The minimum atomic E-state index is -1.20. The molecule has 1 aliphatic rings. The van der Waals surface area contributed by atoms with Gasteiger partial charge in [0.05, 0.1) is 22.3 Å². The summed E-state index contributed by atoms with van der Waals surface area (Å²) >= 11 is 0. The Bertz CT molecular complexity index is 1080. The molecule has 2 atom stereocenters. The number of benzene rings is 2. The molecule has 1 saturated carbocycles. The standard InChI is InChI=1S/C26H26N2O6/c1-3-15-8-10-19(25(31)32)21(12-15)23(29)27-17-6-5-7-18(14-17)28-24(30)22-13-16(4-2)9-11-20(22)26(33)34/h3-4,8-13,17-18H,1-2,5-7,14H2,(H,27,29)(H,28,30)(H,31,32)(H,33,34). The monoisotopic (exact) mass is 462 g/mol. The van der Waals surface area contributed by atoms with Crippen LogP contribution >= 0.6 is 0 Å². The molecule has 4 N–H and O–H groups in total. The number of amides is 2. The Labute approximate surface area is 197 Å². The second-order valence-corrected chi connectivity index (χ2v) is 8.14. The van der Waals surface area contributed by atoms with Crippen LogP contribution in [0.1, 0.15) is 78.2 Å². The smallest absolute Gasteiger partial charge is 0.336 e. The topological polar surface area (TPSA) is 133 Å². The highest BCUT2D eigenvalue weighted by Gasteiger charge is 2.27. The molecule has 0 bridgehead atoms. The van der Waals surface area contributed by atoms with Gasteiger partial charge in [0.25, 0.3) is 11.8 Å². The first-order valence-corrected chi connectivity index (χ1v) is 10.8. The van der Waals surface area contributed by atoms with E-state index in [4.69, 9.17) is 0 Å². The van der Waals surface area contributed by atoms with E-state index in [9.17, 15) is 29.4 Å². The lowest BCUT2D eigenvalue weighted by Crippen LogP contribution is -2.46. The number of nitrogens with one attached hydrogen (secondary N) is 2. The number of carboxylic acid groups (broad SMARTS) is 2. The van der Waals surface area contributed by atoms with Crippen molar-refractivity contribution >= 4 is 35.9 Å². The minimum absolute atomic E-state index is 0.0448. The summed E-state index contributed by atoms with van der Waals surface area (Å²) in [6.45, 7) is 7.30. The summed E-state index contributed by atoms with van der Waals surface area (Å²) in [5.41, 5.74) is 1.13. The molecule has 176 valence electrons. The molecule has 0 aromatic heterocycles. The lowest BCUT2D eigenvalue weighted by molar-refractivity contribution is 0.0682. The van der Waals surface area contributed by atoms with Gasteiger partial charge in [-0.15, -0.1) is 0 Å². The average molecular weight is 463 g/mol. The van der Waals surface area contributed by atoms with Crippen LogP contribution in [0, 0.1) is 0 Å². The van der Waals surface area contributed by atoms with E-state index < -0.39 is 23.8 Å². The van der Waals surface area contributed by atoms with Crippen LogP contribution in [0.25, 0.3) is 12.2 Å². The highest BCUT2D eigenvalue weighted by atomic mass is 16.4. The summed E-state index contributed by atoms with van der Waals surface area (Å²) in [5, 5.41) is 24.6. The largest absolute Gasteiger partial charge is 0.478 e. The molecule has 2 unspecified atom stereocenters. The average Bonchev–Trinajstić information content (AvgIpc) is 2.83. The van der Waals surface area contributed by atoms with E-state index in [-0.39, 0.29) is 34.3 Å². The van der Waals surface area contributed by atoms with E-state index in [1.807, 2.05) is 0 Å². The Balaban J connectivity index is 1.72. The fourth-order valence-electron chi connectivity index (χ4n) is 4.10. The van der Waals surface area contributed by atoms with Crippen LogP contribution in [-0.4, -0.2) is 46.0 Å². The number of carboxylic acids is 2. The summed E-state index contributed by atoms with van der Waals surface area (Å²) in [6, 6.07) is 8.30. The van der Waals surface area contributed by atoms with E-state index in [2.05, 4.69) is 23.8 Å². The molecule has 1 fully saturated rings. The summed E-state index contributed by atoms with van der Waals surface area (Å²) in [6.07, 6.45) is 5.57. The van der Waals surface area contributed by atoms with Gasteiger partial charge in [0.15, 0.2) is 0 Å². The van der Waals surface area contributed by atoms with Crippen LogP contribution in [0.15, 0.2) is 49.6 Å².